The van der Waals surface area contributed by atoms with Crippen LogP contribution in [0.4, 0.5) is 0 Å². The van der Waals surface area contributed by atoms with E-state index in [4.69, 9.17) is 16.7 Å². The summed E-state index contributed by atoms with van der Waals surface area (Å²) >= 11 is 5.88. The average Bonchev–Trinajstić information content (AvgIpc) is 2.67. The Balaban J connectivity index is 2.46. The molecule has 1 aromatic heterocycles. The van der Waals surface area contributed by atoms with Crippen molar-refractivity contribution < 1.29 is 14.4 Å². The summed E-state index contributed by atoms with van der Waals surface area (Å²) in [4.78, 5) is 14.2. The number of carbonyl (C=O) groups is 1. The minimum Gasteiger partial charge on any atom is -0.474 e. The van der Waals surface area contributed by atoms with Crippen LogP contribution in [0, 0.1) is 0 Å². The van der Waals surface area contributed by atoms with Gasteiger partial charge in [0.25, 0.3) is 0 Å². The smallest absolute Gasteiger partial charge is 0.394 e. The minimum atomic E-state index is -1.26. The lowest BCUT2D eigenvalue weighted by Gasteiger charge is -1.95. The normalized spacial score (nSPS) is 10.2. The first kappa shape index (κ1) is 9.67. The Morgan fingerprint density at radius 2 is 2.13 bits per heavy atom. The van der Waals surface area contributed by atoms with Crippen molar-refractivity contribution in [2.75, 3.05) is 0 Å². The predicted octanol–water partition coefficient (Wildman–Crippen LogP) is 2.09. The summed E-state index contributed by atoms with van der Waals surface area (Å²) in [5.74, 6) is -1.55. The number of hydrogen-bond acceptors (Lipinski definition) is 4. The molecule has 0 radical (unpaired) electrons. The van der Waals surface area contributed by atoms with Crippen molar-refractivity contribution in [1.29, 1.82) is 0 Å². The Hall–Kier alpha value is -1.88. The fraction of sp³-hybridized carbons (Fsp3) is 0. The van der Waals surface area contributed by atoms with Gasteiger partial charge in [0.05, 0.1) is 5.02 Å². The summed E-state index contributed by atoms with van der Waals surface area (Å²) in [5, 5.41) is 12.5. The van der Waals surface area contributed by atoms with E-state index in [-0.39, 0.29) is 5.82 Å². The molecule has 5 nitrogen and oxygen atoms in total. The van der Waals surface area contributed by atoms with E-state index >= 15 is 0 Å². The molecule has 0 unspecified atom stereocenters. The maximum Gasteiger partial charge on any atom is 0.394 e. The molecule has 1 aromatic carbocycles. The third-order valence-electron chi connectivity index (χ3n) is 1.72. The van der Waals surface area contributed by atoms with Crippen LogP contribution in [-0.4, -0.2) is 21.2 Å². The highest BCUT2D eigenvalue weighted by molar-refractivity contribution is 6.33. The van der Waals surface area contributed by atoms with Crippen molar-refractivity contribution >= 4 is 17.6 Å². The second kappa shape index (κ2) is 3.70. The van der Waals surface area contributed by atoms with Gasteiger partial charge in [-0.15, -0.1) is 0 Å². The van der Waals surface area contributed by atoms with Crippen LogP contribution in [0.5, 0.6) is 0 Å². The lowest BCUT2D eigenvalue weighted by molar-refractivity contribution is 0.0643. The number of benzene rings is 1. The molecule has 0 amide bonds. The van der Waals surface area contributed by atoms with Crippen LogP contribution in [0.2, 0.25) is 5.02 Å². The van der Waals surface area contributed by atoms with E-state index in [0.717, 1.165) is 0 Å². The van der Waals surface area contributed by atoms with Crippen molar-refractivity contribution in [1.82, 2.24) is 10.1 Å². The largest absolute Gasteiger partial charge is 0.474 e. The minimum absolute atomic E-state index is 0.165. The highest BCUT2D eigenvalue weighted by Crippen LogP contribution is 2.24. The molecule has 2 aromatic rings. The zero-order chi connectivity index (χ0) is 10.8. The molecule has 0 bridgehead atoms. The second-order valence-corrected chi connectivity index (χ2v) is 3.12. The summed E-state index contributed by atoms with van der Waals surface area (Å²) in [6.07, 6.45) is 0. The van der Waals surface area contributed by atoms with E-state index in [9.17, 15) is 4.79 Å². The summed E-state index contributed by atoms with van der Waals surface area (Å²) in [6, 6.07) is 6.84. The first-order chi connectivity index (χ1) is 7.18. The zero-order valence-corrected chi connectivity index (χ0v) is 8.10. The van der Waals surface area contributed by atoms with Gasteiger partial charge < -0.3 is 9.63 Å². The monoisotopic (exact) mass is 224 g/mol. The Kier molecular flexibility index (Phi) is 2.39. The predicted molar refractivity (Wildman–Crippen MR) is 51.7 cm³/mol. The van der Waals surface area contributed by atoms with Crippen LogP contribution in [-0.2, 0) is 0 Å². The average molecular weight is 225 g/mol. The molecule has 2 rings (SSSR count). The molecular weight excluding hydrogens is 220 g/mol. The molecule has 0 fully saturated rings. The van der Waals surface area contributed by atoms with E-state index < -0.39 is 11.9 Å². The summed E-state index contributed by atoms with van der Waals surface area (Å²) in [6.45, 7) is 0. The lowest BCUT2D eigenvalue weighted by atomic mass is 10.2. The summed E-state index contributed by atoms with van der Waals surface area (Å²) in [7, 11) is 0. The number of rotatable bonds is 2. The fourth-order valence-corrected chi connectivity index (χ4v) is 1.28. The van der Waals surface area contributed by atoms with Crippen molar-refractivity contribution in [2.24, 2.45) is 0 Å². The van der Waals surface area contributed by atoms with Crippen molar-refractivity contribution in [3.63, 3.8) is 0 Å². The van der Waals surface area contributed by atoms with Crippen LogP contribution in [0.1, 0.15) is 10.7 Å². The molecule has 1 N–H and O–H groups in total. The van der Waals surface area contributed by atoms with Crippen LogP contribution < -0.4 is 0 Å². The maximum atomic E-state index is 10.5. The molecule has 15 heavy (non-hydrogen) atoms. The second-order valence-electron chi connectivity index (χ2n) is 2.71. The number of halogens is 1. The summed E-state index contributed by atoms with van der Waals surface area (Å²) < 4.78 is 4.52. The van der Waals surface area contributed by atoms with Crippen molar-refractivity contribution in [3.05, 3.63) is 35.2 Å². The molecule has 0 atom stereocenters. The Morgan fingerprint density at radius 3 is 2.73 bits per heavy atom. The Bertz CT molecular complexity index is 510. The number of carboxylic acid groups (broad SMARTS) is 1. The SMILES string of the molecule is O=C(O)c1nc(-c2ccccc2Cl)no1. The van der Waals surface area contributed by atoms with E-state index in [1.807, 2.05) is 0 Å². The molecule has 0 saturated heterocycles. The van der Waals surface area contributed by atoms with Crippen LogP contribution in [0.3, 0.4) is 0 Å². The third-order valence-corrected chi connectivity index (χ3v) is 2.05. The zero-order valence-electron chi connectivity index (χ0n) is 7.35. The molecule has 76 valence electrons. The first-order valence-corrected chi connectivity index (χ1v) is 4.38. The van der Waals surface area contributed by atoms with Crippen LogP contribution in [0.15, 0.2) is 28.8 Å². The molecule has 0 aliphatic carbocycles. The highest BCUT2D eigenvalue weighted by atomic mass is 35.5. The number of aromatic carboxylic acids is 1. The number of carboxylic acids is 1. The van der Waals surface area contributed by atoms with E-state index in [0.29, 0.717) is 10.6 Å². The van der Waals surface area contributed by atoms with E-state index in [2.05, 4.69) is 14.7 Å². The molecule has 0 aliphatic heterocycles. The first-order valence-electron chi connectivity index (χ1n) is 4.00. The van der Waals surface area contributed by atoms with Gasteiger partial charge in [-0.2, -0.15) is 4.98 Å². The highest BCUT2D eigenvalue weighted by Gasteiger charge is 2.15. The fourth-order valence-electron chi connectivity index (χ4n) is 1.06. The molecule has 0 saturated carbocycles. The molecule has 1 heterocycles. The molecule has 0 aliphatic rings. The molecule has 0 spiro atoms. The van der Waals surface area contributed by atoms with Crippen molar-refractivity contribution in [2.45, 2.75) is 0 Å². The molecular formula is C9H5ClN2O3. The number of aromatic nitrogens is 2. The van der Waals surface area contributed by atoms with E-state index in [1.165, 1.54) is 0 Å². The number of nitrogens with zero attached hydrogens (tertiary/aromatic N) is 2. The van der Waals surface area contributed by atoms with Crippen LogP contribution in [0.25, 0.3) is 11.4 Å². The van der Waals surface area contributed by atoms with Gasteiger partial charge in [-0.1, -0.05) is 28.9 Å². The van der Waals surface area contributed by atoms with Gasteiger partial charge in [-0.25, -0.2) is 4.79 Å². The van der Waals surface area contributed by atoms with Gasteiger partial charge >= 0.3 is 11.9 Å². The third kappa shape index (κ3) is 1.82. The van der Waals surface area contributed by atoms with Gasteiger partial charge in [-0.3, -0.25) is 0 Å². The van der Waals surface area contributed by atoms with Gasteiger partial charge in [0.2, 0.25) is 5.82 Å². The topological polar surface area (TPSA) is 76.2 Å². The van der Waals surface area contributed by atoms with Crippen LogP contribution >= 0.6 is 11.6 Å². The standard InChI is InChI=1S/C9H5ClN2O3/c10-6-4-2-1-3-5(6)7-11-8(9(13)14)15-12-7/h1-4H,(H,13,14). The van der Waals surface area contributed by atoms with E-state index in [1.54, 1.807) is 24.3 Å². The van der Waals surface area contributed by atoms with Gasteiger partial charge in [-0.05, 0) is 12.1 Å². The maximum absolute atomic E-state index is 10.5. The van der Waals surface area contributed by atoms with Gasteiger partial charge in [0.1, 0.15) is 0 Å². The number of hydrogen-bond donors (Lipinski definition) is 1. The lowest BCUT2D eigenvalue weighted by Crippen LogP contribution is -1.95. The van der Waals surface area contributed by atoms with Gasteiger partial charge in [0, 0.05) is 5.56 Å². The quantitative estimate of drug-likeness (QED) is 0.845. The Morgan fingerprint density at radius 1 is 1.40 bits per heavy atom. The van der Waals surface area contributed by atoms with Crippen molar-refractivity contribution in [3.8, 4) is 11.4 Å². The summed E-state index contributed by atoms with van der Waals surface area (Å²) in [5.41, 5.74) is 0.537. The Labute approximate surface area is 89.3 Å². The molecule has 6 heteroatoms. The van der Waals surface area contributed by atoms with Gasteiger partial charge in [0.15, 0.2) is 0 Å².